The second-order valence-electron chi connectivity index (χ2n) is 6.81. The molecule has 3 rings (SSSR count). The number of likely N-dealkylation sites (N-methyl/N-ethyl adjacent to an activating group) is 1. The lowest BCUT2D eigenvalue weighted by molar-refractivity contribution is -0.115. The molecule has 0 spiro atoms. The largest absolute Gasteiger partial charge is 0.308 e. The van der Waals surface area contributed by atoms with E-state index in [1.165, 1.54) is 12.1 Å². The highest BCUT2D eigenvalue weighted by Crippen LogP contribution is 2.26. The second kappa shape index (κ2) is 9.65. The Morgan fingerprint density at radius 2 is 1.97 bits per heavy atom. The van der Waals surface area contributed by atoms with Gasteiger partial charge in [0.2, 0.25) is 11.9 Å². The van der Waals surface area contributed by atoms with E-state index in [-0.39, 0.29) is 17.5 Å². The van der Waals surface area contributed by atoms with Crippen molar-refractivity contribution in [2.75, 3.05) is 39.0 Å². The van der Waals surface area contributed by atoms with Crippen molar-refractivity contribution in [1.82, 2.24) is 19.8 Å². The highest BCUT2D eigenvalue weighted by atomic mass is 35.5. The van der Waals surface area contributed by atoms with Crippen LogP contribution in [0.25, 0.3) is 16.9 Å². The Labute approximate surface area is 174 Å². The van der Waals surface area contributed by atoms with Gasteiger partial charge in [-0.1, -0.05) is 41.9 Å². The number of anilines is 1. The maximum Gasteiger partial charge on any atom is 0.240 e. The lowest BCUT2D eigenvalue weighted by atomic mass is 10.2. The van der Waals surface area contributed by atoms with Gasteiger partial charge < -0.3 is 10.2 Å². The number of aromatic nitrogens is 2. The molecule has 6 nitrogen and oxygen atoms in total. The van der Waals surface area contributed by atoms with E-state index in [1.807, 2.05) is 49.3 Å². The van der Waals surface area contributed by atoms with Crippen LogP contribution < -0.4 is 10.6 Å². The molecule has 0 radical (unpaired) electrons. The normalized spacial score (nSPS) is 11.1. The van der Waals surface area contributed by atoms with Crippen LogP contribution in [0.15, 0.2) is 54.7 Å². The molecule has 152 valence electrons. The molecule has 3 aromatic rings. The van der Waals surface area contributed by atoms with Gasteiger partial charge in [0, 0.05) is 24.8 Å². The van der Waals surface area contributed by atoms with Crippen molar-refractivity contribution >= 4 is 23.5 Å². The number of rotatable bonds is 8. The van der Waals surface area contributed by atoms with E-state index >= 15 is 0 Å². The summed E-state index contributed by atoms with van der Waals surface area (Å²) in [6.45, 7) is 1.68. The monoisotopic (exact) mass is 415 g/mol. The van der Waals surface area contributed by atoms with Crippen LogP contribution in [-0.4, -0.2) is 54.1 Å². The van der Waals surface area contributed by atoms with Crippen molar-refractivity contribution < 1.29 is 9.18 Å². The van der Waals surface area contributed by atoms with Gasteiger partial charge in [-0.2, -0.15) is 0 Å². The van der Waals surface area contributed by atoms with Gasteiger partial charge in [-0.25, -0.2) is 9.37 Å². The van der Waals surface area contributed by atoms with E-state index in [9.17, 15) is 9.18 Å². The SMILES string of the molecule is CN(C)CCNCC(=O)Nc1nc(-c2ccccc2)cn1-c1ccc(F)c(Cl)c1. The fraction of sp³-hybridized carbons (Fsp3) is 0.238. The third-order valence-electron chi connectivity index (χ3n) is 4.23. The third-order valence-corrected chi connectivity index (χ3v) is 4.52. The minimum absolute atomic E-state index is 0.0000831. The summed E-state index contributed by atoms with van der Waals surface area (Å²) < 4.78 is 15.3. The maximum atomic E-state index is 13.6. The van der Waals surface area contributed by atoms with Crippen molar-refractivity contribution in [3.05, 3.63) is 65.6 Å². The molecule has 1 amide bonds. The number of carbonyl (C=O) groups excluding carboxylic acids is 1. The van der Waals surface area contributed by atoms with Crippen LogP contribution in [0.4, 0.5) is 10.3 Å². The summed E-state index contributed by atoms with van der Waals surface area (Å²) in [6, 6.07) is 14.0. The van der Waals surface area contributed by atoms with Crippen LogP contribution in [-0.2, 0) is 4.79 Å². The summed E-state index contributed by atoms with van der Waals surface area (Å²) in [5.41, 5.74) is 2.18. The molecule has 0 bridgehead atoms. The Morgan fingerprint density at radius 3 is 2.66 bits per heavy atom. The van der Waals surface area contributed by atoms with Gasteiger partial charge in [-0.05, 0) is 32.3 Å². The molecule has 0 aliphatic heterocycles. The zero-order valence-corrected chi connectivity index (χ0v) is 17.1. The number of halogens is 2. The summed E-state index contributed by atoms with van der Waals surface area (Å²) in [7, 11) is 3.94. The lowest BCUT2D eigenvalue weighted by Gasteiger charge is -2.11. The highest BCUT2D eigenvalue weighted by molar-refractivity contribution is 6.30. The Morgan fingerprint density at radius 1 is 1.21 bits per heavy atom. The van der Waals surface area contributed by atoms with E-state index in [0.29, 0.717) is 23.9 Å². The molecule has 2 N–H and O–H groups in total. The molecule has 0 unspecified atom stereocenters. The number of imidazole rings is 1. The van der Waals surface area contributed by atoms with Gasteiger partial charge in [0.05, 0.1) is 22.9 Å². The van der Waals surface area contributed by atoms with Crippen LogP contribution in [0, 0.1) is 5.82 Å². The predicted molar refractivity (Wildman–Crippen MR) is 114 cm³/mol. The summed E-state index contributed by atoms with van der Waals surface area (Å²) in [4.78, 5) is 19.0. The number of hydrogen-bond acceptors (Lipinski definition) is 4. The predicted octanol–water partition coefficient (Wildman–Crippen LogP) is 3.42. The molecule has 0 aliphatic rings. The molecule has 0 saturated heterocycles. The first-order valence-corrected chi connectivity index (χ1v) is 9.57. The number of amides is 1. The smallest absolute Gasteiger partial charge is 0.240 e. The minimum atomic E-state index is -0.505. The van der Waals surface area contributed by atoms with Crippen molar-refractivity contribution in [2.24, 2.45) is 0 Å². The van der Waals surface area contributed by atoms with Crippen LogP contribution in [0.1, 0.15) is 0 Å². The summed E-state index contributed by atoms with van der Waals surface area (Å²) in [6.07, 6.45) is 1.79. The van der Waals surface area contributed by atoms with E-state index < -0.39 is 5.82 Å². The molecule has 29 heavy (non-hydrogen) atoms. The van der Waals surface area contributed by atoms with Crippen LogP contribution in [0.3, 0.4) is 0 Å². The fourth-order valence-corrected chi connectivity index (χ4v) is 2.90. The molecule has 8 heteroatoms. The molecule has 1 heterocycles. The van der Waals surface area contributed by atoms with Gasteiger partial charge in [0.15, 0.2) is 0 Å². The van der Waals surface area contributed by atoms with Gasteiger partial charge >= 0.3 is 0 Å². The van der Waals surface area contributed by atoms with Crippen molar-refractivity contribution in [1.29, 1.82) is 0 Å². The molecule has 2 aromatic carbocycles. The quantitative estimate of drug-likeness (QED) is 0.553. The van der Waals surface area contributed by atoms with Gasteiger partial charge in [-0.15, -0.1) is 0 Å². The van der Waals surface area contributed by atoms with Crippen molar-refractivity contribution in [3.63, 3.8) is 0 Å². The van der Waals surface area contributed by atoms with E-state index in [2.05, 4.69) is 15.6 Å². The van der Waals surface area contributed by atoms with E-state index in [1.54, 1.807) is 16.8 Å². The summed E-state index contributed by atoms with van der Waals surface area (Å²) >= 11 is 5.95. The van der Waals surface area contributed by atoms with Gasteiger partial charge in [-0.3, -0.25) is 14.7 Å². The average Bonchev–Trinajstić information content (AvgIpc) is 3.11. The average molecular weight is 416 g/mol. The molecule has 0 fully saturated rings. The van der Waals surface area contributed by atoms with Crippen molar-refractivity contribution in [2.45, 2.75) is 0 Å². The number of carbonyl (C=O) groups is 1. The number of hydrogen-bond donors (Lipinski definition) is 2. The molecule has 0 atom stereocenters. The minimum Gasteiger partial charge on any atom is -0.308 e. The fourth-order valence-electron chi connectivity index (χ4n) is 2.72. The van der Waals surface area contributed by atoms with E-state index in [0.717, 1.165) is 12.1 Å². The zero-order chi connectivity index (χ0) is 20.8. The van der Waals surface area contributed by atoms with Gasteiger partial charge in [0.1, 0.15) is 5.82 Å². The molecule has 1 aromatic heterocycles. The molecule has 0 saturated carbocycles. The third kappa shape index (κ3) is 5.63. The van der Waals surface area contributed by atoms with Gasteiger partial charge in [0.25, 0.3) is 0 Å². The maximum absolute atomic E-state index is 13.6. The first-order valence-electron chi connectivity index (χ1n) is 9.19. The first-order chi connectivity index (χ1) is 13.9. The summed E-state index contributed by atoms with van der Waals surface area (Å²) in [5, 5.41) is 5.91. The Kier molecular flexibility index (Phi) is 6.98. The summed E-state index contributed by atoms with van der Waals surface area (Å²) in [5.74, 6) is -0.385. The Hall–Kier alpha value is -2.74. The molecule has 0 aliphatic carbocycles. The highest BCUT2D eigenvalue weighted by Gasteiger charge is 2.15. The van der Waals surface area contributed by atoms with Crippen LogP contribution in [0.2, 0.25) is 5.02 Å². The number of nitrogens with zero attached hydrogens (tertiary/aromatic N) is 3. The Balaban J connectivity index is 1.85. The van der Waals surface area contributed by atoms with Crippen molar-refractivity contribution in [3.8, 4) is 16.9 Å². The Bertz CT molecular complexity index is 974. The number of benzene rings is 2. The topological polar surface area (TPSA) is 62.2 Å². The van der Waals surface area contributed by atoms with Crippen LogP contribution in [0.5, 0.6) is 0 Å². The standard InChI is InChI=1S/C21H23ClFN5O/c1-27(2)11-10-24-13-20(29)26-21-25-19(15-6-4-3-5-7-15)14-28(21)16-8-9-18(23)17(22)12-16/h3-9,12,14,24H,10-11,13H2,1-2H3,(H,25,26,29). The lowest BCUT2D eigenvalue weighted by Crippen LogP contribution is -2.33. The molecular weight excluding hydrogens is 393 g/mol. The zero-order valence-electron chi connectivity index (χ0n) is 16.3. The second-order valence-corrected chi connectivity index (χ2v) is 7.22. The van der Waals surface area contributed by atoms with Crippen LogP contribution >= 0.6 is 11.6 Å². The number of nitrogens with one attached hydrogen (secondary N) is 2. The van der Waals surface area contributed by atoms with E-state index in [4.69, 9.17) is 11.6 Å². The first kappa shape index (κ1) is 21.0. The molecular formula is C21H23ClFN5O.